The highest BCUT2D eigenvalue weighted by Gasteiger charge is 2.15. The summed E-state index contributed by atoms with van der Waals surface area (Å²) in [5.74, 6) is -0.274. The standard InChI is InChI=1S/C13H7Br3ClF/c14-10-3-2-8(17)6-9(10)13(16)7-1-4-12(18)11(15)5-7/h1-6,13H. The number of rotatable bonds is 2. The van der Waals surface area contributed by atoms with Gasteiger partial charge in [0.1, 0.15) is 5.82 Å². The average Bonchev–Trinajstić information content (AvgIpc) is 2.35. The van der Waals surface area contributed by atoms with E-state index in [1.807, 2.05) is 18.2 Å². The van der Waals surface area contributed by atoms with Crippen LogP contribution in [0.3, 0.4) is 0 Å². The smallest absolute Gasteiger partial charge is 0.137 e. The van der Waals surface area contributed by atoms with Crippen LogP contribution in [0.25, 0.3) is 0 Å². The van der Waals surface area contributed by atoms with Crippen molar-refractivity contribution in [1.82, 2.24) is 0 Å². The van der Waals surface area contributed by atoms with Crippen LogP contribution in [0.15, 0.2) is 45.3 Å². The summed E-state index contributed by atoms with van der Waals surface area (Å²) in [4.78, 5) is -0.0533. The van der Waals surface area contributed by atoms with Gasteiger partial charge in [0.25, 0.3) is 0 Å². The zero-order valence-corrected chi connectivity index (χ0v) is 14.4. The summed E-state index contributed by atoms with van der Waals surface area (Å²) in [7, 11) is 0. The van der Waals surface area contributed by atoms with E-state index in [0.29, 0.717) is 9.50 Å². The molecule has 0 aromatic heterocycles. The van der Waals surface area contributed by atoms with Crippen LogP contribution in [0.1, 0.15) is 16.0 Å². The highest BCUT2D eigenvalue weighted by Crippen LogP contribution is 2.37. The summed E-state index contributed by atoms with van der Waals surface area (Å²) in [5.41, 5.74) is 1.95. The summed E-state index contributed by atoms with van der Waals surface area (Å²) in [6, 6.07) is 10.5. The van der Waals surface area contributed by atoms with Crippen LogP contribution in [-0.4, -0.2) is 0 Å². The molecular weight excluding hydrogens is 450 g/mol. The molecule has 0 aliphatic rings. The number of hydrogen-bond donors (Lipinski definition) is 0. The lowest BCUT2D eigenvalue weighted by Crippen LogP contribution is -1.95. The lowest BCUT2D eigenvalue weighted by atomic mass is 10.0. The second-order valence-electron chi connectivity index (χ2n) is 3.70. The van der Waals surface area contributed by atoms with Crippen molar-refractivity contribution in [2.75, 3.05) is 0 Å². The summed E-state index contributed by atoms with van der Waals surface area (Å²) >= 11 is 16.3. The third-order valence-electron chi connectivity index (χ3n) is 2.47. The van der Waals surface area contributed by atoms with Gasteiger partial charge in [0.05, 0.1) is 9.30 Å². The molecule has 0 heterocycles. The molecule has 94 valence electrons. The molecule has 1 unspecified atom stereocenters. The van der Waals surface area contributed by atoms with Gasteiger partial charge in [-0.15, -0.1) is 0 Å². The van der Waals surface area contributed by atoms with Crippen LogP contribution in [-0.2, 0) is 0 Å². The van der Waals surface area contributed by atoms with Crippen LogP contribution in [0, 0.1) is 5.82 Å². The third-order valence-corrected chi connectivity index (χ3v) is 5.05. The van der Waals surface area contributed by atoms with Crippen molar-refractivity contribution in [2.45, 2.75) is 4.83 Å². The van der Waals surface area contributed by atoms with Crippen LogP contribution in [0.5, 0.6) is 0 Å². The molecule has 0 bridgehead atoms. The summed E-state index contributed by atoms with van der Waals surface area (Å²) < 4.78 is 14.6. The zero-order chi connectivity index (χ0) is 13.3. The SMILES string of the molecule is Fc1ccc(C(Br)c2cc(Cl)ccc2Br)cc1Br. The van der Waals surface area contributed by atoms with E-state index in [0.717, 1.165) is 15.6 Å². The molecule has 0 saturated carbocycles. The number of benzene rings is 2. The molecule has 0 fully saturated rings. The first-order valence-corrected chi connectivity index (χ1v) is 7.91. The molecule has 0 aliphatic heterocycles. The minimum absolute atomic E-state index is 0.0533. The Morgan fingerprint density at radius 2 is 1.72 bits per heavy atom. The topological polar surface area (TPSA) is 0 Å². The second-order valence-corrected chi connectivity index (χ2v) is 6.76. The predicted molar refractivity (Wildman–Crippen MR) is 84.0 cm³/mol. The molecule has 0 amide bonds. The van der Waals surface area contributed by atoms with Crippen molar-refractivity contribution in [3.63, 3.8) is 0 Å². The molecule has 2 rings (SSSR count). The molecule has 0 N–H and O–H groups in total. The van der Waals surface area contributed by atoms with Gasteiger partial charge in [-0.25, -0.2) is 4.39 Å². The molecule has 0 aliphatic carbocycles. The van der Waals surface area contributed by atoms with Crippen LogP contribution in [0.4, 0.5) is 4.39 Å². The Labute approximate surface area is 135 Å². The fourth-order valence-electron chi connectivity index (χ4n) is 1.56. The van der Waals surface area contributed by atoms with Gasteiger partial charge in [0, 0.05) is 9.50 Å². The van der Waals surface area contributed by atoms with Crippen molar-refractivity contribution in [3.8, 4) is 0 Å². The van der Waals surface area contributed by atoms with Crippen LogP contribution >= 0.6 is 59.4 Å². The lowest BCUT2D eigenvalue weighted by Gasteiger charge is -2.13. The van der Waals surface area contributed by atoms with E-state index in [4.69, 9.17) is 11.6 Å². The van der Waals surface area contributed by atoms with Crippen molar-refractivity contribution in [3.05, 3.63) is 67.3 Å². The van der Waals surface area contributed by atoms with E-state index in [9.17, 15) is 4.39 Å². The van der Waals surface area contributed by atoms with Gasteiger partial charge in [-0.3, -0.25) is 0 Å². The maximum Gasteiger partial charge on any atom is 0.137 e. The fourth-order valence-corrected chi connectivity index (χ4v) is 3.58. The highest BCUT2D eigenvalue weighted by molar-refractivity contribution is 9.11. The maximum atomic E-state index is 13.2. The molecule has 18 heavy (non-hydrogen) atoms. The van der Waals surface area contributed by atoms with Gasteiger partial charge in [-0.1, -0.05) is 49.5 Å². The van der Waals surface area contributed by atoms with Gasteiger partial charge in [0.2, 0.25) is 0 Å². The molecule has 5 heteroatoms. The van der Waals surface area contributed by atoms with Crippen LogP contribution < -0.4 is 0 Å². The first kappa shape index (κ1) is 14.5. The quantitative estimate of drug-likeness (QED) is 0.453. The molecule has 2 aromatic rings. The van der Waals surface area contributed by atoms with E-state index in [1.165, 1.54) is 6.07 Å². The minimum Gasteiger partial charge on any atom is -0.206 e. The van der Waals surface area contributed by atoms with Gasteiger partial charge in [0.15, 0.2) is 0 Å². The van der Waals surface area contributed by atoms with Gasteiger partial charge < -0.3 is 0 Å². The third kappa shape index (κ3) is 3.16. The first-order chi connectivity index (χ1) is 8.49. The molecular formula is C13H7Br3ClF. The number of halogens is 5. The Morgan fingerprint density at radius 3 is 2.39 bits per heavy atom. The number of alkyl halides is 1. The fraction of sp³-hybridized carbons (Fsp3) is 0.0769. The van der Waals surface area contributed by atoms with Crippen molar-refractivity contribution >= 4 is 59.4 Å². The van der Waals surface area contributed by atoms with E-state index < -0.39 is 0 Å². The summed E-state index contributed by atoms with van der Waals surface area (Å²) in [6.07, 6.45) is 0. The molecule has 0 saturated heterocycles. The monoisotopic (exact) mass is 454 g/mol. The van der Waals surface area contributed by atoms with E-state index in [1.54, 1.807) is 12.1 Å². The lowest BCUT2D eigenvalue weighted by molar-refractivity contribution is 0.620. The van der Waals surface area contributed by atoms with Gasteiger partial charge in [-0.2, -0.15) is 0 Å². The Bertz CT molecular complexity index is 586. The normalized spacial score (nSPS) is 12.5. The van der Waals surface area contributed by atoms with Crippen molar-refractivity contribution < 1.29 is 4.39 Å². The van der Waals surface area contributed by atoms with Crippen LogP contribution in [0.2, 0.25) is 5.02 Å². The Morgan fingerprint density at radius 1 is 1.00 bits per heavy atom. The Hall–Kier alpha value is 0.1000. The highest BCUT2D eigenvalue weighted by atomic mass is 79.9. The Kier molecular flexibility index (Phi) is 4.86. The molecule has 0 spiro atoms. The summed E-state index contributed by atoms with van der Waals surface area (Å²) in [5, 5.41) is 0.666. The first-order valence-electron chi connectivity index (χ1n) is 5.03. The van der Waals surface area contributed by atoms with E-state index in [-0.39, 0.29) is 10.6 Å². The summed E-state index contributed by atoms with van der Waals surface area (Å²) in [6.45, 7) is 0. The molecule has 0 nitrogen and oxygen atoms in total. The molecule has 0 radical (unpaired) electrons. The maximum absolute atomic E-state index is 13.2. The van der Waals surface area contributed by atoms with Crippen molar-refractivity contribution in [1.29, 1.82) is 0 Å². The van der Waals surface area contributed by atoms with Crippen molar-refractivity contribution in [2.24, 2.45) is 0 Å². The molecule has 2 aromatic carbocycles. The number of hydrogen-bond acceptors (Lipinski definition) is 0. The zero-order valence-electron chi connectivity index (χ0n) is 8.93. The average molecular weight is 457 g/mol. The minimum atomic E-state index is -0.274. The van der Waals surface area contributed by atoms with E-state index in [2.05, 4.69) is 47.8 Å². The Balaban J connectivity index is 2.44. The van der Waals surface area contributed by atoms with Gasteiger partial charge >= 0.3 is 0 Å². The second kappa shape index (κ2) is 6.04. The van der Waals surface area contributed by atoms with E-state index >= 15 is 0 Å². The molecule has 1 atom stereocenters. The largest absolute Gasteiger partial charge is 0.206 e. The van der Waals surface area contributed by atoms with Gasteiger partial charge in [-0.05, 0) is 57.4 Å². The predicted octanol–water partition coefficient (Wildman–Crippen LogP) is 6.49.